The zero-order chi connectivity index (χ0) is 15.9. The van der Waals surface area contributed by atoms with E-state index in [1.807, 2.05) is 0 Å². The summed E-state index contributed by atoms with van der Waals surface area (Å²) in [6.07, 6.45) is 0.207. The van der Waals surface area contributed by atoms with Crippen LogP contribution in [0.1, 0.15) is 33.6 Å². The molecule has 2 amide bonds. The molecule has 0 aromatic carbocycles. The van der Waals surface area contributed by atoms with E-state index in [1.165, 1.54) is 11.9 Å². The van der Waals surface area contributed by atoms with Crippen LogP contribution in [0.5, 0.6) is 0 Å². The van der Waals surface area contributed by atoms with E-state index >= 15 is 0 Å². The van der Waals surface area contributed by atoms with E-state index in [0.29, 0.717) is 13.0 Å². The van der Waals surface area contributed by atoms with Crippen molar-refractivity contribution in [2.24, 2.45) is 0 Å². The van der Waals surface area contributed by atoms with Gasteiger partial charge < -0.3 is 19.6 Å². The van der Waals surface area contributed by atoms with Crippen LogP contribution >= 0.6 is 0 Å². The number of amides is 2. The Morgan fingerprint density at radius 2 is 1.65 bits per heavy atom. The van der Waals surface area contributed by atoms with Crippen LogP contribution in [0.15, 0.2) is 0 Å². The second-order valence-corrected chi connectivity index (χ2v) is 5.65. The van der Waals surface area contributed by atoms with Gasteiger partial charge in [-0.1, -0.05) is 0 Å². The fourth-order valence-corrected chi connectivity index (χ4v) is 1.38. The fraction of sp³-hybridized carbons (Fsp3) is 0.769. The number of carbonyl (C=O) groups is 3. The zero-order valence-corrected chi connectivity index (χ0v) is 12.8. The minimum Gasteiger partial charge on any atom is -0.480 e. The van der Waals surface area contributed by atoms with E-state index in [4.69, 9.17) is 9.84 Å². The molecule has 0 atom stereocenters. The maximum Gasteiger partial charge on any atom is 0.410 e. The van der Waals surface area contributed by atoms with Gasteiger partial charge in [-0.3, -0.25) is 9.59 Å². The molecular weight excluding hydrogens is 264 g/mol. The van der Waals surface area contributed by atoms with Gasteiger partial charge in [0.1, 0.15) is 12.1 Å². The first kappa shape index (κ1) is 18.2. The monoisotopic (exact) mass is 288 g/mol. The standard InChI is InChI=1S/C13H24N2O5/c1-13(2,3)20-12(19)14(4)8-6-7-10(16)15(5)9-11(17)18/h6-9H2,1-5H3,(H,17,18). The molecule has 0 saturated carbocycles. The molecule has 0 aromatic rings. The SMILES string of the molecule is CN(CC(=O)O)C(=O)CCCN(C)C(=O)OC(C)(C)C. The van der Waals surface area contributed by atoms with E-state index < -0.39 is 17.7 Å². The van der Waals surface area contributed by atoms with Crippen molar-refractivity contribution in [3.05, 3.63) is 0 Å². The van der Waals surface area contributed by atoms with Gasteiger partial charge in [-0.2, -0.15) is 0 Å². The van der Waals surface area contributed by atoms with Gasteiger partial charge in [0.2, 0.25) is 5.91 Å². The van der Waals surface area contributed by atoms with Crippen molar-refractivity contribution >= 4 is 18.0 Å². The average molecular weight is 288 g/mol. The van der Waals surface area contributed by atoms with Crippen LogP contribution < -0.4 is 0 Å². The van der Waals surface area contributed by atoms with Gasteiger partial charge in [-0.05, 0) is 27.2 Å². The maximum absolute atomic E-state index is 11.6. The highest BCUT2D eigenvalue weighted by atomic mass is 16.6. The molecule has 0 aromatic heterocycles. The zero-order valence-electron chi connectivity index (χ0n) is 12.8. The van der Waals surface area contributed by atoms with Crippen LogP contribution in [0.4, 0.5) is 4.79 Å². The van der Waals surface area contributed by atoms with Crippen LogP contribution in [0.2, 0.25) is 0 Å². The Morgan fingerprint density at radius 3 is 2.10 bits per heavy atom. The van der Waals surface area contributed by atoms with Crippen molar-refractivity contribution in [3.8, 4) is 0 Å². The lowest BCUT2D eigenvalue weighted by molar-refractivity contribution is -0.143. The van der Waals surface area contributed by atoms with Crippen molar-refractivity contribution in [2.75, 3.05) is 27.2 Å². The molecule has 0 spiro atoms. The van der Waals surface area contributed by atoms with Crippen LogP contribution in [0, 0.1) is 0 Å². The Morgan fingerprint density at radius 1 is 1.10 bits per heavy atom. The third kappa shape index (κ3) is 8.34. The Bertz CT molecular complexity index is 362. The highest BCUT2D eigenvalue weighted by Crippen LogP contribution is 2.09. The molecule has 0 aliphatic carbocycles. The van der Waals surface area contributed by atoms with Crippen molar-refractivity contribution in [1.82, 2.24) is 9.80 Å². The lowest BCUT2D eigenvalue weighted by Gasteiger charge is -2.24. The molecule has 0 bridgehead atoms. The number of hydrogen-bond donors (Lipinski definition) is 1. The second-order valence-electron chi connectivity index (χ2n) is 5.65. The number of aliphatic carboxylic acids is 1. The Kier molecular flexibility index (Phi) is 7.02. The Balaban J connectivity index is 4.02. The molecule has 0 saturated heterocycles. The summed E-state index contributed by atoms with van der Waals surface area (Å²) in [6, 6.07) is 0. The summed E-state index contributed by atoms with van der Waals surface area (Å²) < 4.78 is 5.17. The summed E-state index contributed by atoms with van der Waals surface area (Å²) in [5.41, 5.74) is -0.553. The van der Waals surface area contributed by atoms with Gasteiger partial charge in [0.05, 0.1) is 0 Å². The van der Waals surface area contributed by atoms with Crippen LogP contribution in [0.25, 0.3) is 0 Å². The number of hydrogen-bond acceptors (Lipinski definition) is 4. The molecule has 0 unspecified atom stereocenters. The lowest BCUT2D eigenvalue weighted by atomic mass is 10.2. The number of rotatable bonds is 6. The molecule has 20 heavy (non-hydrogen) atoms. The molecule has 0 heterocycles. The average Bonchev–Trinajstić information content (AvgIpc) is 2.25. The summed E-state index contributed by atoms with van der Waals surface area (Å²) in [5, 5.41) is 8.56. The van der Waals surface area contributed by atoms with Gasteiger partial charge in [0, 0.05) is 27.1 Å². The number of carboxylic acid groups (broad SMARTS) is 1. The molecule has 116 valence electrons. The molecule has 0 rings (SSSR count). The third-order valence-electron chi connectivity index (χ3n) is 2.39. The predicted molar refractivity (Wildman–Crippen MR) is 73.4 cm³/mol. The first-order valence-corrected chi connectivity index (χ1v) is 6.43. The van der Waals surface area contributed by atoms with Crippen molar-refractivity contribution < 1.29 is 24.2 Å². The third-order valence-corrected chi connectivity index (χ3v) is 2.39. The van der Waals surface area contributed by atoms with Gasteiger partial charge in [-0.15, -0.1) is 0 Å². The summed E-state index contributed by atoms with van der Waals surface area (Å²) in [5.74, 6) is -1.31. The molecule has 0 fully saturated rings. The van der Waals surface area contributed by atoms with Crippen LogP contribution in [-0.2, 0) is 14.3 Å². The summed E-state index contributed by atoms with van der Waals surface area (Å²) >= 11 is 0. The van der Waals surface area contributed by atoms with Gasteiger partial charge >= 0.3 is 12.1 Å². The van der Waals surface area contributed by atoms with Crippen LogP contribution in [-0.4, -0.2) is 65.7 Å². The van der Waals surface area contributed by atoms with Crippen LogP contribution in [0.3, 0.4) is 0 Å². The predicted octanol–water partition coefficient (Wildman–Crippen LogP) is 1.18. The number of nitrogens with zero attached hydrogens (tertiary/aromatic N) is 2. The smallest absolute Gasteiger partial charge is 0.410 e. The normalized spacial score (nSPS) is 10.8. The summed E-state index contributed by atoms with van der Waals surface area (Å²) in [7, 11) is 3.04. The molecule has 0 radical (unpaired) electrons. The minimum absolute atomic E-state index is 0.191. The molecule has 0 aliphatic heterocycles. The van der Waals surface area contributed by atoms with E-state index in [0.717, 1.165) is 4.90 Å². The molecule has 1 N–H and O–H groups in total. The Labute approximate surface area is 119 Å². The van der Waals surface area contributed by atoms with Gasteiger partial charge in [-0.25, -0.2) is 4.79 Å². The fourth-order valence-electron chi connectivity index (χ4n) is 1.38. The number of carboxylic acids is 1. The van der Waals surface area contributed by atoms with E-state index in [1.54, 1.807) is 27.8 Å². The number of likely N-dealkylation sites (N-methyl/N-ethyl adjacent to an activating group) is 1. The summed E-state index contributed by atoms with van der Waals surface area (Å²) in [6.45, 7) is 5.40. The topological polar surface area (TPSA) is 87.2 Å². The molecule has 0 aliphatic rings. The van der Waals surface area contributed by atoms with Crippen molar-refractivity contribution in [3.63, 3.8) is 0 Å². The van der Waals surface area contributed by atoms with Gasteiger partial charge in [0.15, 0.2) is 0 Å². The van der Waals surface area contributed by atoms with Crippen molar-refractivity contribution in [1.29, 1.82) is 0 Å². The first-order chi connectivity index (χ1) is 9.03. The van der Waals surface area contributed by atoms with Gasteiger partial charge in [0.25, 0.3) is 0 Å². The lowest BCUT2D eigenvalue weighted by Crippen LogP contribution is -2.36. The quantitative estimate of drug-likeness (QED) is 0.793. The van der Waals surface area contributed by atoms with Crippen molar-refractivity contribution in [2.45, 2.75) is 39.2 Å². The maximum atomic E-state index is 11.6. The number of carbonyl (C=O) groups excluding carboxylic acids is 2. The molecular formula is C13H24N2O5. The van der Waals surface area contributed by atoms with E-state index in [2.05, 4.69) is 0 Å². The van der Waals surface area contributed by atoms with E-state index in [-0.39, 0.29) is 18.9 Å². The first-order valence-electron chi connectivity index (χ1n) is 6.43. The summed E-state index contributed by atoms with van der Waals surface area (Å²) in [4.78, 5) is 36.2. The largest absolute Gasteiger partial charge is 0.480 e. The number of ether oxygens (including phenoxy) is 1. The molecule has 7 heteroatoms. The van der Waals surface area contributed by atoms with E-state index in [9.17, 15) is 14.4 Å². The Hall–Kier alpha value is -1.79. The second kappa shape index (κ2) is 7.72. The highest BCUT2D eigenvalue weighted by Gasteiger charge is 2.19. The molecule has 7 nitrogen and oxygen atoms in total. The minimum atomic E-state index is -1.05. The highest BCUT2D eigenvalue weighted by molar-refractivity contribution is 5.81.